The minimum absolute atomic E-state index is 0.666. The molecule has 1 heterocycles. The Balaban J connectivity index is 2.11. The average Bonchev–Trinajstić information content (AvgIpc) is 2.58. The second kappa shape index (κ2) is 3.28. The monoisotopic (exact) mass is 177 g/mol. The van der Waals surface area contributed by atoms with Gasteiger partial charge >= 0.3 is 0 Å². The molecular formula is C10H11NS. The van der Waals surface area contributed by atoms with Crippen molar-refractivity contribution in [3.8, 4) is 6.07 Å². The largest absolute Gasteiger partial charge is 0.198 e. The lowest BCUT2D eigenvalue weighted by Gasteiger charge is -1.88. The highest BCUT2D eigenvalue weighted by atomic mass is 32.1. The molecule has 0 saturated carbocycles. The molecule has 0 aromatic carbocycles. The third-order valence-corrected chi connectivity index (χ3v) is 3.58. The number of nitriles is 1. The highest BCUT2D eigenvalue weighted by Gasteiger charge is 2.13. The van der Waals surface area contributed by atoms with E-state index < -0.39 is 0 Å². The Morgan fingerprint density at radius 2 is 2.42 bits per heavy atom. The molecule has 0 unspecified atom stereocenters. The summed E-state index contributed by atoms with van der Waals surface area (Å²) in [7, 11) is 0. The van der Waals surface area contributed by atoms with Gasteiger partial charge in [-0.15, -0.1) is 11.3 Å². The summed E-state index contributed by atoms with van der Waals surface area (Å²) >= 11 is 1.91. The summed E-state index contributed by atoms with van der Waals surface area (Å²) in [6.45, 7) is 0. The van der Waals surface area contributed by atoms with Gasteiger partial charge in [-0.05, 0) is 37.3 Å². The maximum absolute atomic E-state index is 8.43. The lowest BCUT2D eigenvalue weighted by molar-refractivity contribution is 0.912. The van der Waals surface area contributed by atoms with Gasteiger partial charge in [0, 0.05) is 16.2 Å². The van der Waals surface area contributed by atoms with Crippen molar-refractivity contribution in [3.05, 3.63) is 21.4 Å². The van der Waals surface area contributed by atoms with Crippen LogP contribution in [0.5, 0.6) is 0 Å². The van der Waals surface area contributed by atoms with Gasteiger partial charge < -0.3 is 0 Å². The summed E-state index contributed by atoms with van der Waals surface area (Å²) in [6, 6.07) is 4.48. The van der Waals surface area contributed by atoms with Crippen LogP contribution in [0.4, 0.5) is 0 Å². The normalized spacial score (nSPS) is 14.2. The van der Waals surface area contributed by atoms with E-state index in [0.29, 0.717) is 6.42 Å². The Hall–Kier alpha value is -0.810. The van der Waals surface area contributed by atoms with Gasteiger partial charge in [-0.3, -0.25) is 0 Å². The minimum Gasteiger partial charge on any atom is -0.198 e. The molecule has 2 heteroatoms. The smallest absolute Gasteiger partial charge is 0.0625 e. The van der Waals surface area contributed by atoms with Crippen molar-refractivity contribution in [1.82, 2.24) is 0 Å². The number of rotatable bonds is 2. The number of hydrogen-bond acceptors (Lipinski definition) is 2. The average molecular weight is 177 g/mol. The predicted octanol–water partition coefficient (Wildman–Crippen LogP) is 2.69. The van der Waals surface area contributed by atoms with E-state index >= 15 is 0 Å². The van der Waals surface area contributed by atoms with Gasteiger partial charge in [-0.1, -0.05) is 0 Å². The molecule has 1 aromatic rings. The molecule has 1 nitrogen and oxygen atoms in total. The summed E-state index contributed by atoms with van der Waals surface area (Å²) in [6.07, 6.45) is 5.48. The molecule has 0 fully saturated rings. The molecule has 12 heavy (non-hydrogen) atoms. The highest BCUT2D eigenvalue weighted by Crippen LogP contribution is 2.30. The van der Waals surface area contributed by atoms with Crippen molar-refractivity contribution in [2.24, 2.45) is 0 Å². The minimum atomic E-state index is 0.666. The summed E-state index contributed by atoms with van der Waals surface area (Å²) in [5, 5.41) is 8.43. The fourth-order valence-corrected chi connectivity index (χ4v) is 2.95. The van der Waals surface area contributed by atoms with Gasteiger partial charge in [-0.25, -0.2) is 0 Å². The van der Waals surface area contributed by atoms with Crippen LogP contribution in [0, 0.1) is 11.3 Å². The van der Waals surface area contributed by atoms with E-state index in [1.807, 2.05) is 11.3 Å². The SMILES string of the molecule is N#CCCc1cc2c(s1)CCC2. The molecule has 0 N–H and O–H groups in total. The zero-order valence-corrected chi connectivity index (χ0v) is 7.78. The van der Waals surface area contributed by atoms with Gasteiger partial charge in [0.1, 0.15) is 0 Å². The Bertz CT molecular complexity index is 298. The number of nitrogens with zero attached hydrogens (tertiary/aromatic N) is 1. The second-order valence-electron chi connectivity index (χ2n) is 3.17. The Morgan fingerprint density at radius 3 is 3.17 bits per heavy atom. The zero-order valence-electron chi connectivity index (χ0n) is 6.97. The fourth-order valence-electron chi connectivity index (χ4n) is 1.69. The van der Waals surface area contributed by atoms with E-state index in [2.05, 4.69) is 12.1 Å². The van der Waals surface area contributed by atoms with Crippen molar-refractivity contribution in [1.29, 1.82) is 5.26 Å². The van der Waals surface area contributed by atoms with E-state index in [0.717, 1.165) is 6.42 Å². The maximum atomic E-state index is 8.43. The molecule has 0 spiro atoms. The van der Waals surface area contributed by atoms with Crippen molar-refractivity contribution >= 4 is 11.3 Å². The van der Waals surface area contributed by atoms with Crippen LogP contribution in [0.3, 0.4) is 0 Å². The van der Waals surface area contributed by atoms with Crippen LogP contribution in [0.25, 0.3) is 0 Å². The van der Waals surface area contributed by atoms with Gasteiger partial charge in [-0.2, -0.15) is 5.26 Å². The van der Waals surface area contributed by atoms with Gasteiger partial charge in [0.2, 0.25) is 0 Å². The lowest BCUT2D eigenvalue weighted by Crippen LogP contribution is -1.77. The lowest BCUT2D eigenvalue weighted by atomic mass is 10.2. The van der Waals surface area contributed by atoms with Crippen LogP contribution in [-0.4, -0.2) is 0 Å². The topological polar surface area (TPSA) is 23.8 Å². The number of aryl methyl sites for hydroxylation is 3. The molecule has 62 valence electrons. The first-order valence-corrected chi connectivity index (χ1v) is 5.19. The van der Waals surface area contributed by atoms with E-state index in [1.165, 1.54) is 24.1 Å². The molecule has 1 aliphatic rings. The molecule has 0 bridgehead atoms. The van der Waals surface area contributed by atoms with Crippen LogP contribution >= 0.6 is 11.3 Å². The Morgan fingerprint density at radius 1 is 1.50 bits per heavy atom. The standard InChI is InChI=1S/C10H11NS/c11-6-2-4-9-7-8-3-1-5-10(8)12-9/h7H,1-5H2. The summed E-state index contributed by atoms with van der Waals surface area (Å²) < 4.78 is 0. The van der Waals surface area contributed by atoms with Gasteiger partial charge in [0.15, 0.2) is 0 Å². The highest BCUT2D eigenvalue weighted by molar-refractivity contribution is 7.12. The van der Waals surface area contributed by atoms with Gasteiger partial charge in [0.05, 0.1) is 6.07 Å². The predicted molar refractivity (Wildman–Crippen MR) is 50.3 cm³/mol. The quantitative estimate of drug-likeness (QED) is 0.681. The molecule has 0 saturated heterocycles. The first kappa shape index (κ1) is 7.82. The number of thiophene rings is 1. The van der Waals surface area contributed by atoms with E-state index in [1.54, 1.807) is 10.4 Å². The molecule has 0 atom stereocenters. The number of hydrogen-bond donors (Lipinski definition) is 0. The molecule has 0 aliphatic heterocycles. The maximum Gasteiger partial charge on any atom is 0.0625 e. The fraction of sp³-hybridized carbons (Fsp3) is 0.500. The Labute approximate surface area is 76.6 Å². The molecule has 1 aromatic heterocycles. The van der Waals surface area contributed by atoms with Crippen LogP contribution in [-0.2, 0) is 19.3 Å². The Kier molecular flexibility index (Phi) is 2.14. The first-order chi connectivity index (χ1) is 5.90. The van der Waals surface area contributed by atoms with E-state index in [-0.39, 0.29) is 0 Å². The third kappa shape index (κ3) is 1.37. The second-order valence-corrected chi connectivity index (χ2v) is 4.39. The van der Waals surface area contributed by atoms with Crippen LogP contribution in [0.15, 0.2) is 6.07 Å². The van der Waals surface area contributed by atoms with Crippen molar-refractivity contribution in [2.45, 2.75) is 32.1 Å². The summed E-state index contributed by atoms with van der Waals surface area (Å²) in [4.78, 5) is 2.98. The summed E-state index contributed by atoms with van der Waals surface area (Å²) in [5.41, 5.74) is 1.55. The van der Waals surface area contributed by atoms with Crippen LogP contribution in [0.2, 0.25) is 0 Å². The van der Waals surface area contributed by atoms with E-state index in [9.17, 15) is 0 Å². The number of fused-ring (bicyclic) bond motifs is 1. The van der Waals surface area contributed by atoms with Crippen LogP contribution < -0.4 is 0 Å². The first-order valence-electron chi connectivity index (χ1n) is 4.37. The zero-order chi connectivity index (χ0) is 8.39. The molecule has 1 aliphatic carbocycles. The third-order valence-electron chi connectivity index (χ3n) is 2.28. The molecule has 2 rings (SSSR count). The molecule has 0 radical (unpaired) electrons. The van der Waals surface area contributed by atoms with Crippen molar-refractivity contribution in [3.63, 3.8) is 0 Å². The van der Waals surface area contributed by atoms with Crippen LogP contribution in [0.1, 0.15) is 28.2 Å². The molecular weight excluding hydrogens is 166 g/mol. The molecule has 0 amide bonds. The van der Waals surface area contributed by atoms with Crippen molar-refractivity contribution in [2.75, 3.05) is 0 Å². The van der Waals surface area contributed by atoms with E-state index in [4.69, 9.17) is 5.26 Å². The van der Waals surface area contributed by atoms with Crippen molar-refractivity contribution < 1.29 is 0 Å². The summed E-state index contributed by atoms with van der Waals surface area (Å²) in [5.74, 6) is 0. The van der Waals surface area contributed by atoms with Gasteiger partial charge in [0.25, 0.3) is 0 Å².